The van der Waals surface area contributed by atoms with Gasteiger partial charge in [0.25, 0.3) is 0 Å². The topological polar surface area (TPSA) is 44.0 Å². The van der Waals surface area contributed by atoms with Gasteiger partial charge in [-0.15, -0.1) is 23.7 Å². The highest BCUT2D eigenvalue weighted by molar-refractivity contribution is 7.17. The Hall–Kier alpha value is -2.28. The predicted octanol–water partition coefficient (Wildman–Crippen LogP) is 5.85. The lowest BCUT2D eigenvalue weighted by molar-refractivity contribution is 0.162. The largest absolute Gasteiger partial charge is 0.490 e. The van der Waals surface area contributed by atoms with Gasteiger partial charge >= 0.3 is 0 Å². The Morgan fingerprint density at radius 1 is 1.15 bits per heavy atom. The van der Waals surface area contributed by atoms with E-state index in [1.165, 1.54) is 27.2 Å². The van der Waals surface area contributed by atoms with Gasteiger partial charge in [-0.3, -0.25) is 0 Å². The highest BCUT2D eigenvalue weighted by Gasteiger charge is 2.17. The molecule has 1 aliphatic heterocycles. The average molecular weight is 485 g/mol. The van der Waals surface area contributed by atoms with Gasteiger partial charge in [0.15, 0.2) is 5.82 Å². The molecule has 5 rings (SSSR count). The summed E-state index contributed by atoms with van der Waals surface area (Å²) in [4.78, 5) is 4.81. The van der Waals surface area contributed by atoms with Crippen molar-refractivity contribution in [1.82, 2.24) is 19.4 Å². The summed E-state index contributed by atoms with van der Waals surface area (Å²) in [5, 5.41) is 5.54. The summed E-state index contributed by atoms with van der Waals surface area (Å²) >= 11 is 1.79. The van der Waals surface area contributed by atoms with Crippen molar-refractivity contribution in [1.29, 1.82) is 0 Å². The van der Waals surface area contributed by atoms with Crippen molar-refractivity contribution < 1.29 is 4.74 Å². The molecule has 176 valence electrons. The van der Waals surface area contributed by atoms with Crippen molar-refractivity contribution in [3.8, 4) is 17.3 Å². The van der Waals surface area contributed by atoms with E-state index in [1.54, 1.807) is 11.3 Å². The molecule has 4 aromatic rings. The third-order valence-corrected chi connectivity index (χ3v) is 7.41. The van der Waals surface area contributed by atoms with Crippen LogP contribution in [0.2, 0.25) is 0 Å². The zero-order chi connectivity index (χ0) is 21.9. The number of fused-ring (bicyclic) bond motifs is 1. The second kappa shape index (κ2) is 10.8. The van der Waals surface area contributed by atoms with E-state index in [9.17, 15) is 0 Å². The molecule has 0 saturated carbocycles. The molecule has 33 heavy (non-hydrogen) atoms. The van der Waals surface area contributed by atoms with Gasteiger partial charge in [0, 0.05) is 25.5 Å². The lowest BCUT2D eigenvalue weighted by Gasteiger charge is -2.23. The van der Waals surface area contributed by atoms with E-state index in [0.29, 0.717) is 6.10 Å². The number of piperidine rings is 1. The van der Waals surface area contributed by atoms with Crippen LogP contribution in [0.25, 0.3) is 21.7 Å². The number of rotatable bonds is 8. The van der Waals surface area contributed by atoms with E-state index in [0.717, 1.165) is 63.3 Å². The Labute approximate surface area is 206 Å². The second-order valence-electron chi connectivity index (χ2n) is 8.65. The fraction of sp³-hybridized carbons (Fsp3) is 0.423. The van der Waals surface area contributed by atoms with E-state index in [-0.39, 0.29) is 12.4 Å². The zero-order valence-corrected chi connectivity index (χ0v) is 21.1. The van der Waals surface area contributed by atoms with Gasteiger partial charge < -0.3 is 19.2 Å². The Morgan fingerprint density at radius 3 is 2.67 bits per heavy atom. The minimum Gasteiger partial charge on any atom is -0.490 e. The van der Waals surface area contributed by atoms with Crippen LogP contribution >= 0.6 is 23.7 Å². The average Bonchev–Trinajstić information content (AvgIpc) is 3.52. The monoisotopic (exact) mass is 484 g/mol. The summed E-state index contributed by atoms with van der Waals surface area (Å²) in [5.74, 6) is 2.08. The Kier molecular flexibility index (Phi) is 7.78. The van der Waals surface area contributed by atoms with Crippen LogP contribution in [0, 0.1) is 0 Å². The molecule has 1 N–H and O–H groups in total. The number of imidazole rings is 1. The van der Waals surface area contributed by atoms with Gasteiger partial charge in [0.2, 0.25) is 0 Å². The smallest absolute Gasteiger partial charge is 0.156 e. The zero-order valence-electron chi connectivity index (χ0n) is 19.4. The molecule has 0 amide bonds. The minimum atomic E-state index is 0. The molecule has 3 aromatic heterocycles. The van der Waals surface area contributed by atoms with Crippen molar-refractivity contribution in [2.75, 3.05) is 13.1 Å². The Morgan fingerprint density at radius 2 is 1.94 bits per heavy atom. The second-order valence-corrected chi connectivity index (χ2v) is 9.60. The highest BCUT2D eigenvalue weighted by atomic mass is 35.5. The number of hydrogen-bond acceptors (Lipinski definition) is 4. The maximum atomic E-state index is 6.14. The first-order valence-corrected chi connectivity index (χ1v) is 12.6. The summed E-state index contributed by atoms with van der Waals surface area (Å²) in [5.41, 5.74) is 5.15. The summed E-state index contributed by atoms with van der Waals surface area (Å²) in [7, 11) is 2.14. The van der Waals surface area contributed by atoms with Crippen LogP contribution < -0.4 is 10.1 Å². The van der Waals surface area contributed by atoms with Gasteiger partial charge in [-0.1, -0.05) is 19.1 Å². The fourth-order valence-electron chi connectivity index (χ4n) is 4.69. The number of hydrogen-bond donors (Lipinski definition) is 1. The lowest BCUT2D eigenvalue weighted by Crippen LogP contribution is -2.34. The van der Waals surface area contributed by atoms with E-state index >= 15 is 0 Å². The normalized spacial score (nSPS) is 14.5. The van der Waals surface area contributed by atoms with Crippen molar-refractivity contribution in [3.63, 3.8) is 0 Å². The Balaban J connectivity index is 0.00000259. The van der Waals surface area contributed by atoms with E-state index < -0.39 is 0 Å². The summed E-state index contributed by atoms with van der Waals surface area (Å²) in [6.07, 6.45) is 7.71. The summed E-state index contributed by atoms with van der Waals surface area (Å²) in [6.45, 7) is 5.30. The minimum absolute atomic E-state index is 0. The first-order chi connectivity index (χ1) is 15.7. The van der Waals surface area contributed by atoms with Gasteiger partial charge in [0.05, 0.1) is 15.9 Å². The SMILES string of the molecule is CCc1cnc(-c2cc3sccc3n2C)n1CCCc1ccc(OC2CCNCC2)cc1.Cl. The number of thiophene rings is 1. The number of aryl methyl sites for hydroxylation is 3. The van der Waals surface area contributed by atoms with Crippen LogP contribution in [0.5, 0.6) is 5.75 Å². The van der Waals surface area contributed by atoms with Crippen molar-refractivity contribution in [3.05, 3.63) is 59.2 Å². The molecule has 0 aliphatic carbocycles. The van der Waals surface area contributed by atoms with Crippen LogP contribution in [0.4, 0.5) is 0 Å². The Bertz CT molecular complexity index is 1170. The first-order valence-electron chi connectivity index (χ1n) is 11.8. The van der Waals surface area contributed by atoms with Crippen LogP contribution in [0.3, 0.4) is 0 Å². The molecular formula is C26H33ClN4OS. The van der Waals surface area contributed by atoms with Crippen LogP contribution in [0.1, 0.15) is 37.4 Å². The van der Waals surface area contributed by atoms with Crippen LogP contribution in [0.15, 0.2) is 48.0 Å². The molecule has 1 saturated heterocycles. The number of nitrogens with zero attached hydrogens (tertiary/aromatic N) is 3. The van der Waals surface area contributed by atoms with Crippen molar-refractivity contribution >= 4 is 34.0 Å². The van der Waals surface area contributed by atoms with E-state index in [2.05, 4.69) is 70.2 Å². The fourth-order valence-corrected chi connectivity index (χ4v) is 5.54. The third-order valence-electron chi connectivity index (χ3n) is 6.55. The molecule has 0 atom stereocenters. The maximum Gasteiger partial charge on any atom is 0.156 e. The third kappa shape index (κ3) is 5.13. The number of aromatic nitrogens is 3. The standard InChI is InChI=1S/C26H32N4OS.ClH/c1-3-20-18-28-26(24-17-25-23(29(24)2)12-16-32-25)30(20)15-4-5-19-6-8-21(9-7-19)31-22-10-13-27-14-11-22;/h6-9,12,16-18,22,27H,3-5,10-11,13-15H2,1-2H3;1H. The van der Waals surface area contributed by atoms with Gasteiger partial charge in [-0.2, -0.15) is 0 Å². The molecule has 5 nitrogen and oxygen atoms in total. The van der Waals surface area contributed by atoms with Crippen LogP contribution in [-0.4, -0.2) is 33.3 Å². The molecule has 4 heterocycles. The molecule has 0 unspecified atom stereocenters. The molecule has 1 fully saturated rings. The highest BCUT2D eigenvalue weighted by Crippen LogP contribution is 2.30. The van der Waals surface area contributed by atoms with Crippen LogP contribution in [-0.2, 0) is 26.4 Å². The quantitative estimate of drug-likeness (QED) is 0.341. The molecule has 0 spiro atoms. The molecule has 0 bridgehead atoms. The van der Waals surface area contributed by atoms with E-state index in [1.807, 2.05) is 6.20 Å². The van der Waals surface area contributed by atoms with Gasteiger partial charge in [-0.25, -0.2) is 4.98 Å². The van der Waals surface area contributed by atoms with E-state index in [4.69, 9.17) is 9.72 Å². The number of ether oxygens (including phenoxy) is 1. The summed E-state index contributed by atoms with van der Waals surface area (Å²) < 4.78 is 12.1. The van der Waals surface area contributed by atoms with Crippen molar-refractivity contribution in [2.24, 2.45) is 7.05 Å². The molecular weight excluding hydrogens is 452 g/mol. The first kappa shape index (κ1) is 23.9. The van der Waals surface area contributed by atoms with Gasteiger partial charge in [0.1, 0.15) is 11.9 Å². The van der Waals surface area contributed by atoms with Gasteiger partial charge in [-0.05, 0) is 80.4 Å². The maximum absolute atomic E-state index is 6.14. The molecule has 7 heteroatoms. The summed E-state index contributed by atoms with van der Waals surface area (Å²) in [6, 6.07) is 13.2. The predicted molar refractivity (Wildman–Crippen MR) is 140 cm³/mol. The van der Waals surface area contributed by atoms with Crippen molar-refractivity contribution in [2.45, 2.75) is 51.7 Å². The molecule has 1 aromatic carbocycles. The molecule has 1 aliphatic rings. The lowest BCUT2D eigenvalue weighted by atomic mass is 10.1. The number of halogens is 1. The number of nitrogens with one attached hydrogen (secondary N) is 1. The number of benzene rings is 1. The molecule has 0 radical (unpaired) electrons.